The van der Waals surface area contributed by atoms with Gasteiger partial charge in [-0.1, -0.05) is 20.8 Å². The molecule has 0 amide bonds. The molecule has 11 heavy (non-hydrogen) atoms. The monoisotopic (exact) mass is 175 g/mol. The van der Waals surface area contributed by atoms with Crippen LogP contribution in [0.15, 0.2) is 0 Å². The molecule has 0 bridgehead atoms. The molecule has 0 aromatic rings. The molecule has 1 N–H and O–H groups in total. The normalized spacial score (nSPS) is 10.9. The van der Waals surface area contributed by atoms with Gasteiger partial charge in [0.05, 0.1) is 0 Å². The summed E-state index contributed by atoms with van der Waals surface area (Å²) in [5, 5.41) is 3.32. The van der Waals surface area contributed by atoms with Crippen molar-refractivity contribution in [2.24, 2.45) is 5.92 Å². The van der Waals surface area contributed by atoms with Crippen molar-refractivity contribution < 1.29 is 0 Å². The maximum Gasteiger partial charge on any atom is -0.00412 e. The lowest BCUT2D eigenvalue weighted by atomic mass is 10.3. The lowest BCUT2D eigenvalue weighted by Gasteiger charge is -2.04. The molecule has 0 aliphatic carbocycles. The quantitative estimate of drug-likeness (QED) is 0.596. The first-order valence-electron chi connectivity index (χ1n) is 4.55. The molecule has 2 heteroatoms. The summed E-state index contributed by atoms with van der Waals surface area (Å²) in [7, 11) is 0. The van der Waals surface area contributed by atoms with E-state index in [1.165, 1.54) is 24.5 Å². The van der Waals surface area contributed by atoms with E-state index in [2.05, 4.69) is 37.8 Å². The Hall–Kier alpha value is 0.310. The van der Waals surface area contributed by atoms with Gasteiger partial charge < -0.3 is 5.32 Å². The molecule has 0 saturated carbocycles. The van der Waals surface area contributed by atoms with Crippen molar-refractivity contribution in [1.82, 2.24) is 5.32 Å². The van der Waals surface area contributed by atoms with E-state index in [4.69, 9.17) is 0 Å². The fourth-order valence-electron chi connectivity index (χ4n) is 0.795. The van der Waals surface area contributed by atoms with Crippen LogP contribution in [0.1, 0.15) is 27.2 Å². The van der Waals surface area contributed by atoms with Gasteiger partial charge in [0.2, 0.25) is 0 Å². The Morgan fingerprint density at radius 2 is 2.09 bits per heavy atom. The molecule has 1 nitrogen and oxygen atoms in total. The summed E-state index contributed by atoms with van der Waals surface area (Å²) in [6.07, 6.45) is 1.31. The summed E-state index contributed by atoms with van der Waals surface area (Å²) in [4.78, 5) is 0. The van der Waals surface area contributed by atoms with Gasteiger partial charge in [-0.2, -0.15) is 11.8 Å². The maximum absolute atomic E-state index is 3.32. The van der Waals surface area contributed by atoms with Crippen LogP contribution in [0.25, 0.3) is 0 Å². The Morgan fingerprint density at radius 1 is 1.36 bits per heavy atom. The van der Waals surface area contributed by atoms with E-state index in [9.17, 15) is 0 Å². The van der Waals surface area contributed by atoms with Gasteiger partial charge in [0.1, 0.15) is 0 Å². The summed E-state index contributed by atoms with van der Waals surface area (Å²) in [5.41, 5.74) is 0. The molecule has 0 heterocycles. The zero-order chi connectivity index (χ0) is 8.53. The van der Waals surface area contributed by atoms with Gasteiger partial charge in [-0.15, -0.1) is 0 Å². The van der Waals surface area contributed by atoms with Crippen LogP contribution in [0.4, 0.5) is 0 Å². The van der Waals surface area contributed by atoms with Gasteiger partial charge >= 0.3 is 0 Å². The summed E-state index contributed by atoms with van der Waals surface area (Å²) in [6.45, 7) is 8.99. The summed E-state index contributed by atoms with van der Waals surface area (Å²) >= 11 is 2.07. The highest BCUT2D eigenvalue weighted by molar-refractivity contribution is 7.99. The largest absolute Gasteiger partial charge is 0.317 e. The van der Waals surface area contributed by atoms with Crippen LogP contribution in [0, 0.1) is 5.92 Å². The van der Waals surface area contributed by atoms with E-state index in [1.807, 2.05) is 0 Å². The molecule has 0 aromatic carbocycles. The van der Waals surface area contributed by atoms with Gasteiger partial charge in [-0.05, 0) is 36.9 Å². The molecule has 0 radical (unpaired) electrons. The molecule has 0 atom stereocenters. The van der Waals surface area contributed by atoms with Gasteiger partial charge in [-0.25, -0.2) is 0 Å². The summed E-state index contributed by atoms with van der Waals surface area (Å²) in [5.74, 6) is 3.47. The van der Waals surface area contributed by atoms with Crippen LogP contribution in [-0.2, 0) is 0 Å². The van der Waals surface area contributed by atoms with E-state index >= 15 is 0 Å². The maximum atomic E-state index is 3.32. The highest BCUT2D eigenvalue weighted by Gasteiger charge is 1.93. The van der Waals surface area contributed by atoms with Gasteiger partial charge in [-0.3, -0.25) is 0 Å². The topological polar surface area (TPSA) is 12.0 Å². The fourth-order valence-corrected chi connectivity index (χ4v) is 1.78. The minimum absolute atomic E-state index is 0.846. The van der Waals surface area contributed by atoms with E-state index in [-0.39, 0.29) is 0 Å². The van der Waals surface area contributed by atoms with Crippen LogP contribution in [0.3, 0.4) is 0 Å². The highest BCUT2D eigenvalue weighted by Crippen LogP contribution is 2.07. The highest BCUT2D eigenvalue weighted by atomic mass is 32.2. The summed E-state index contributed by atoms with van der Waals surface area (Å²) < 4.78 is 0. The second-order valence-corrected chi connectivity index (χ2v) is 4.33. The van der Waals surface area contributed by atoms with E-state index in [1.54, 1.807) is 0 Å². The first-order valence-corrected chi connectivity index (χ1v) is 5.71. The van der Waals surface area contributed by atoms with Crippen molar-refractivity contribution in [2.75, 3.05) is 24.6 Å². The first-order chi connectivity index (χ1) is 5.27. The van der Waals surface area contributed by atoms with E-state index in [0.717, 1.165) is 12.5 Å². The predicted octanol–water partition coefficient (Wildman–Crippen LogP) is 2.38. The minimum Gasteiger partial charge on any atom is -0.317 e. The van der Waals surface area contributed by atoms with Crippen LogP contribution in [-0.4, -0.2) is 24.6 Å². The number of nitrogens with one attached hydrogen (secondary N) is 1. The van der Waals surface area contributed by atoms with Crippen molar-refractivity contribution in [3.05, 3.63) is 0 Å². The number of hydrogen-bond donors (Lipinski definition) is 1. The molecule has 0 unspecified atom stereocenters. The molecule has 0 aliphatic heterocycles. The fraction of sp³-hybridized carbons (Fsp3) is 1.00. The van der Waals surface area contributed by atoms with Gasteiger partial charge in [0.15, 0.2) is 0 Å². The molecule has 68 valence electrons. The molecular formula is C9H21NS. The van der Waals surface area contributed by atoms with Crippen LogP contribution in [0.2, 0.25) is 0 Å². The average molecular weight is 175 g/mol. The Kier molecular flexibility index (Phi) is 8.64. The van der Waals surface area contributed by atoms with Crippen LogP contribution in [0.5, 0.6) is 0 Å². The van der Waals surface area contributed by atoms with Gasteiger partial charge in [0.25, 0.3) is 0 Å². The smallest absolute Gasteiger partial charge is 0.00412 e. The molecular weight excluding hydrogens is 154 g/mol. The second kappa shape index (κ2) is 8.41. The Bertz CT molecular complexity index is 74.0. The molecule has 0 rings (SSSR count). The summed E-state index contributed by atoms with van der Waals surface area (Å²) in [6, 6.07) is 0. The average Bonchev–Trinajstić information content (AvgIpc) is 1.96. The SMILES string of the molecule is CCNCCCSCC(C)C. The minimum atomic E-state index is 0.846. The third kappa shape index (κ3) is 10.3. The van der Waals surface area contributed by atoms with Gasteiger partial charge in [0, 0.05) is 0 Å². The molecule has 0 spiro atoms. The zero-order valence-electron chi connectivity index (χ0n) is 8.02. The lowest BCUT2D eigenvalue weighted by molar-refractivity contribution is 0.705. The van der Waals surface area contributed by atoms with Crippen molar-refractivity contribution in [2.45, 2.75) is 27.2 Å². The van der Waals surface area contributed by atoms with E-state index < -0.39 is 0 Å². The van der Waals surface area contributed by atoms with Crippen molar-refractivity contribution in [3.8, 4) is 0 Å². The van der Waals surface area contributed by atoms with Crippen molar-refractivity contribution >= 4 is 11.8 Å². The molecule has 0 saturated heterocycles. The van der Waals surface area contributed by atoms with E-state index in [0.29, 0.717) is 0 Å². The lowest BCUT2D eigenvalue weighted by Crippen LogP contribution is -2.14. The standard InChI is InChI=1S/C9H21NS/c1-4-10-6-5-7-11-8-9(2)3/h9-10H,4-8H2,1-3H3. The molecule has 0 aliphatic rings. The number of thioether (sulfide) groups is 1. The Labute approximate surface area is 75.3 Å². The van der Waals surface area contributed by atoms with Crippen LogP contribution < -0.4 is 5.32 Å². The number of rotatable bonds is 7. The molecule has 0 aromatic heterocycles. The second-order valence-electron chi connectivity index (χ2n) is 3.18. The van der Waals surface area contributed by atoms with Crippen molar-refractivity contribution in [1.29, 1.82) is 0 Å². The van der Waals surface area contributed by atoms with Crippen LogP contribution >= 0.6 is 11.8 Å². The number of hydrogen-bond acceptors (Lipinski definition) is 2. The van der Waals surface area contributed by atoms with Crippen molar-refractivity contribution in [3.63, 3.8) is 0 Å². The zero-order valence-corrected chi connectivity index (χ0v) is 8.84. The third-order valence-corrected chi connectivity index (χ3v) is 2.82. The Morgan fingerprint density at radius 3 is 2.64 bits per heavy atom. The predicted molar refractivity (Wildman–Crippen MR) is 55.3 cm³/mol. The third-order valence-electron chi connectivity index (χ3n) is 1.34. The first kappa shape index (κ1) is 11.3. The molecule has 0 fully saturated rings. The Balaban J connectivity index is 2.80.